The molecule has 0 bridgehead atoms. The first kappa shape index (κ1) is 13.7. The number of ether oxygens (including phenoxy) is 3. The average molecular weight is 241 g/mol. The molecular weight excluding hydrogens is 222 g/mol. The number of nitrogens with zero attached hydrogens (tertiary/aromatic N) is 2. The quantitative estimate of drug-likeness (QED) is 0.761. The Morgan fingerprint density at radius 1 is 1.29 bits per heavy atom. The second-order valence-electron chi connectivity index (χ2n) is 3.37. The van der Waals surface area contributed by atoms with E-state index in [2.05, 4.69) is 15.3 Å². The lowest BCUT2D eigenvalue weighted by Gasteiger charge is -2.18. The van der Waals surface area contributed by atoms with Crippen LogP contribution in [0.25, 0.3) is 0 Å². The molecule has 0 aromatic carbocycles. The van der Waals surface area contributed by atoms with Gasteiger partial charge in [0.1, 0.15) is 5.69 Å². The maximum atomic E-state index is 5.21. The van der Waals surface area contributed by atoms with Crippen molar-refractivity contribution < 1.29 is 14.2 Å². The van der Waals surface area contributed by atoms with Crippen LogP contribution in [0.5, 0.6) is 11.8 Å². The van der Waals surface area contributed by atoms with Crippen LogP contribution in [-0.2, 0) is 4.74 Å². The molecule has 1 rings (SSSR count). The summed E-state index contributed by atoms with van der Waals surface area (Å²) in [6.07, 6.45) is 1.57. The van der Waals surface area contributed by atoms with Crippen LogP contribution in [0.1, 0.15) is 18.7 Å². The third-order valence-corrected chi connectivity index (χ3v) is 2.26. The summed E-state index contributed by atoms with van der Waals surface area (Å²) in [5.41, 5.74) is 0.719. The molecule has 0 aliphatic heterocycles. The van der Waals surface area contributed by atoms with Crippen molar-refractivity contribution >= 4 is 0 Å². The molecule has 0 saturated heterocycles. The number of likely N-dealkylation sites (N-methyl/N-ethyl adjacent to an activating group) is 1. The van der Waals surface area contributed by atoms with E-state index in [-0.39, 0.29) is 6.04 Å². The highest BCUT2D eigenvalue weighted by atomic mass is 16.5. The molecule has 0 saturated carbocycles. The largest absolute Gasteiger partial charge is 0.480 e. The van der Waals surface area contributed by atoms with E-state index in [0.29, 0.717) is 18.4 Å². The van der Waals surface area contributed by atoms with E-state index in [1.165, 1.54) is 0 Å². The summed E-state index contributed by atoms with van der Waals surface area (Å²) in [7, 11) is 4.75. The predicted octanol–water partition coefficient (Wildman–Crippen LogP) is 0.791. The monoisotopic (exact) mass is 241 g/mol. The van der Waals surface area contributed by atoms with E-state index in [9.17, 15) is 0 Å². The highest BCUT2D eigenvalue weighted by molar-refractivity contribution is 5.25. The van der Waals surface area contributed by atoms with Crippen molar-refractivity contribution in [2.75, 3.05) is 34.5 Å². The Hall–Kier alpha value is -1.40. The molecule has 0 spiro atoms. The topological polar surface area (TPSA) is 65.5 Å². The Kier molecular flexibility index (Phi) is 5.65. The van der Waals surface area contributed by atoms with E-state index in [1.54, 1.807) is 27.5 Å². The van der Waals surface area contributed by atoms with Gasteiger partial charge in [-0.1, -0.05) is 6.92 Å². The lowest BCUT2D eigenvalue weighted by atomic mass is 10.2. The van der Waals surface area contributed by atoms with Crippen molar-refractivity contribution in [1.29, 1.82) is 0 Å². The minimum Gasteiger partial charge on any atom is -0.480 e. The van der Waals surface area contributed by atoms with Gasteiger partial charge in [-0.15, -0.1) is 0 Å². The molecule has 0 radical (unpaired) electrons. The molecule has 1 atom stereocenters. The van der Waals surface area contributed by atoms with Gasteiger partial charge in [0.05, 0.1) is 33.1 Å². The fraction of sp³-hybridized carbons (Fsp3) is 0.636. The molecule has 6 nitrogen and oxygen atoms in total. The molecule has 1 N–H and O–H groups in total. The van der Waals surface area contributed by atoms with Gasteiger partial charge in [-0.2, -0.15) is 4.98 Å². The minimum absolute atomic E-state index is 0.0432. The van der Waals surface area contributed by atoms with Gasteiger partial charge in [-0.25, -0.2) is 4.98 Å². The van der Waals surface area contributed by atoms with Gasteiger partial charge in [-0.3, -0.25) is 0 Å². The smallest absolute Gasteiger partial charge is 0.240 e. The molecule has 1 aromatic rings. The molecule has 0 aliphatic carbocycles. The summed E-state index contributed by atoms with van der Waals surface area (Å²) in [5, 5.41) is 3.26. The van der Waals surface area contributed by atoms with Crippen LogP contribution in [0.4, 0.5) is 0 Å². The maximum Gasteiger partial charge on any atom is 0.240 e. The van der Waals surface area contributed by atoms with Crippen molar-refractivity contribution in [3.63, 3.8) is 0 Å². The summed E-state index contributed by atoms with van der Waals surface area (Å²) in [6.45, 7) is 3.34. The number of methoxy groups -OCH3 is 3. The Morgan fingerprint density at radius 2 is 2.06 bits per heavy atom. The van der Waals surface area contributed by atoms with Crippen molar-refractivity contribution in [3.05, 3.63) is 11.9 Å². The van der Waals surface area contributed by atoms with Crippen molar-refractivity contribution in [2.45, 2.75) is 13.0 Å². The maximum absolute atomic E-state index is 5.21. The van der Waals surface area contributed by atoms with Gasteiger partial charge in [0.25, 0.3) is 0 Å². The van der Waals surface area contributed by atoms with Crippen LogP contribution in [0.2, 0.25) is 0 Å². The molecule has 1 aromatic heterocycles. The van der Waals surface area contributed by atoms with E-state index < -0.39 is 0 Å². The van der Waals surface area contributed by atoms with E-state index in [1.807, 2.05) is 6.92 Å². The molecule has 0 aliphatic rings. The summed E-state index contributed by atoms with van der Waals surface area (Å²) in [6, 6.07) is -0.0432. The van der Waals surface area contributed by atoms with Gasteiger partial charge < -0.3 is 19.5 Å². The third kappa shape index (κ3) is 3.54. The van der Waals surface area contributed by atoms with Gasteiger partial charge >= 0.3 is 0 Å². The van der Waals surface area contributed by atoms with Gasteiger partial charge in [0.15, 0.2) is 0 Å². The SMILES string of the molecule is CCNC(COC)c1ncc(OC)nc1OC. The Balaban J connectivity index is 2.99. The molecule has 6 heteroatoms. The molecule has 1 heterocycles. The first-order valence-corrected chi connectivity index (χ1v) is 5.44. The first-order valence-electron chi connectivity index (χ1n) is 5.44. The fourth-order valence-electron chi connectivity index (χ4n) is 1.50. The minimum atomic E-state index is -0.0432. The number of hydrogen-bond acceptors (Lipinski definition) is 6. The second-order valence-corrected chi connectivity index (χ2v) is 3.37. The van der Waals surface area contributed by atoms with Crippen LogP contribution < -0.4 is 14.8 Å². The molecule has 0 fully saturated rings. The van der Waals surface area contributed by atoms with Gasteiger partial charge in [-0.05, 0) is 6.54 Å². The Morgan fingerprint density at radius 3 is 2.59 bits per heavy atom. The number of aromatic nitrogens is 2. The predicted molar refractivity (Wildman–Crippen MR) is 63.4 cm³/mol. The summed E-state index contributed by atoms with van der Waals surface area (Å²) >= 11 is 0. The lowest BCUT2D eigenvalue weighted by molar-refractivity contribution is 0.164. The zero-order valence-corrected chi connectivity index (χ0v) is 10.7. The van der Waals surface area contributed by atoms with Crippen LogP contribution in [0.15, 0.2) is 6.20 Å². The second kappa shape index (κ2) is 7.03. The van der Waals surface area contributed by atoms with E-state index in [0.717, 1.165) is 12.2 Å². The van der Waals surface area contributed by atoms with Crippen LogP contribution in [-0.4, -0.2) is 44.4 Å². The van der Waals surface area contributed by atoms with Gasteiger partial charge in [0, 0.05) is 7.11 Å². The molecule has 0 amide bonds. The molecule has 96 valence electrons. The van der Waals surface area contributed by atoms with Crippen molar-refractivity contribution in [3.8, 4) is 11.8 Å². The highest BCUT2D eigenvalue weighted by Crippen LogP contribution is 2.23. The highest BCUT2D eigenvalue weighted by Gasteiger charge is 2.18. The number of nitrogens with one attached hydrogen (secondary N) is 1. The normalized spacial score (nSPS) is 12.2. The molecular formula is C11H19N3O3. The van der Waals surface area contributed by atoms with Crippen LogP contribution >= 0.6 is 0 Å². The van der Waals surface area contributed by atoms with E-state index in [4.69, 9.17) is 14.2 Å². The van der Waals surface area contributed by atoms with Gasteiger partial charge in [0.2, 0.25) is 11.8 Å². The number of hydrogen-bond donors (Lipinski definition) is 1. The van der Waals surface area contributed by atoms with E-state index >= 15 is 0 Å². The molecule has 1 unspecified atom stereocenters. The van der Waals surface area contributed by atoms with Crippen LogP contribution in [0, 0.1) is 0 Å². The Bertz CT molecular complexity index is 341. The standard InChI is InChI=1S/C11H19N3O3/c1-5-12-8(7-15-2)10-11(17-4)14-9(16-3)6-13-10/h6,8,12H,5,7H2,1-4H3. The van der Waals surface area contributed by atoms with Crippen LogP contribution in [0.3, 0.4) is 0 Å². The Labute approximate surface area is 101 Å². The van der Waals surface area contributed by atoms with Crippen molar-refractivity contribution in [2.24, 2.45) is 0 Å². The summed E-state index contributed by atoms with van der Waals surface area (Å²) in [5.74, 6) is 0.880. The third-order valence-electron chi connectivity index (χ3n) is 2.26. The zero-order valence-electron chi connectivity index (χ0n) is 10.7. The fourth-order valence-corrected chi connectivity index (χ4v) is 1.50. The van der Waals surface area contributed by atoms with Crippen molar-refractivity contribution in [1.82, 2.24) is 15.3 Å². The first-order chi connectivity index (χ1) is 8.26. The number of rotatable bonds is 7. The summed E-state index contributed by atoms with van der Waals surface area (Å²) in [4.78, 5) is 8.50. The lowest BCUT2D eigenvalue weighted by Crippen LogP contribution is -2.26. The zero-order chi connectivity index (χ0) is 12.7. The summed E-state index contributed by atoms with van der Waals surface area (Å²) < 4.78 is 15.4. The molecule has 17 heavy (non-hydrogen) atoms. The average Bonchev–Trinajstić information content (AvgIpc) is 2.37.